The third-order valence-electron chi connectivity index (χ3n) is 3.97. The first kappa shape index (κ1) is 23.8. The molecule has 2 rings (SSSR count). The van der Waals surface area contributed by atoms with Gasteiger partial charge in [0.15, 0.2) is 0 Å². The maximum absolute atomic E-state index is 12.8. The van der Waals surface area contributed by atoms with Crippen molar-refractivity contribution in [3.8, 4) is 0 Å². The summed E-state index contributed by atoms with van der Waals surface area (Å²) in [5, 5.41) is 3.08. The van der Waals surface area contributed by atoms with E-state index in [0.29, 0.717) is 5.92 Å². The number of hydrogen-bond acceptors (Lipinski definition) is 2. The van der Waals surface area contributed by atoms with Gasteiger partial charge in [-0.05, 0) is 30.0 Å². The number of alkyl halides is 3. The fourth-order valence-electron chi connectivity index (χ4n) is 2.90. The van der Waals surface area contributed by atoms with Crippen molar-refractivity contribution in [2.24, 2.45) is 5.92 Å². The molecular formula is C16H24Cl3F3N2. The van der Waals surface area contributed by atoms with E-state index in [4.69, 9.17) is 11.6 Å². The molecule has 1 aromatic carbocycles. The first-order chi connectivity index (χ1) is 10.3. The van der Waals surface area contributed by atoms with Crippen molar-refractivity contribution in [3.63, 3.8) is 0 Å². The summed E-state index contributed by atoms with van der Waals surface area (Å²) in [4.78, 5) is 2.33. The molecule has 1 heterocycles. The largest absolute Gasteiger partial charge is 0.417 e. The van der Waals surface area contributed by atoms with E-state index in [1.165, 1.54) is 6.07 Å². The molecule has 0 unspecified atom stereocenters. The zero-order valence-electron chi connectivity index (χ0n) is 13.7. The van der Waals surface area contributed by atoms with Crippen LogP contribution < -0.4 is 5.32 Å². The van der Waals surface area contributed by atoms with Gasteiger partial charge in [-0.25, -0.2) is 0 Å². The first-order valence-corrected chi connectivity index (χ1v) is 7.98. The third-order valence-corrected chi connectivity index (χ3v) is 4.28. The lowest BCUT2D eigenvalue weighted by atomic mass is 9.94. The number of nitrogens with one attached hydrogen (secondary N) is 1. The summed E-state index contributed by atoms with van der Waals surface area (Å²) in [6.45, 7) is 7.86. The molecule has 1 aliphatic rings. The normalized spacial score (nSPS) is 17.1. The van der Waals surface area contributed by atoms with Crippen molar-refractivity contribution >= 4 is 36.4 Å². The van der Waals surface area contributed by atoms with Crippen LogP contribution in [0.5, 0.6) is 0 Å². The van der Waals surface area contributed by atoms with Gasteiger partial charge in [-0.1, -0.05) is 31.5 Å². The Balaban J connectivity index is 0.00000264. The van der Waals surface area contributed by atoms with E-state index in [1.54, 1.807) is 6.07 Å². The molecule has 0 amide bonds. The predicted octanol–water partition coefficient (Wildman–Crippen LogP) is 5.19. The number of piperazine rings is 1. The number of nitrogens with zero attached hydrogens (tertiary/aromatic N) is 1. The van der Waals surface area contributed by atoms with Crippen LogP contribution in [-0.4, -0.2) is 31.1 Å². The molecular weight excluding hydrogens is 384 g/mol. The summed E-state index contributed by atoms with van der Waals surface area (Å²) >= 11 is 5.88. The molecule has 0 aromatic heterocycles. The van der Waals surface area contributed by atoms with E-state index in [0.717, 1.165) is 44.2 Å². The lowest BCUT2D eigenvalue weighted by Gasteiger charge is -2.36. The third kappa shape index (κ3) is 6.26. The Bertz CT molecular complexity index is 504. The molecule has 24 heavy (non-hydrogen) atoms. The summed E-state index contributed by atoms with van der Waals surface area (Å²) < 4.78 is 38.5. The zero-order valence-corrected chi connectivity index (χ0v) is 16.1. The fourth-order valence-corrected chi connectivity index (χ4v) is 3.20. The molecule has 8 heteroatoms. The highest BCUT2D eigenvalue weighted by molar-refractivity contribution is 6.31. The molecule has 1 saturated heterocycles. The van der Waals surface area contributed by atoms with Gasteiger partial charge in [-0.2, -0.15) is 13.2 Å². The van der Waals surface area contributed by atoms with Crippen molar-refractivity contribution in [1.29, 1.82) is 0 Å². The van der Waals surface area contributed by atoms with Gasteiger partial charge in [-0.3, -0.25) is 4.90 Å². The molecule has 1 atom stereocenters. The maximum atomic E-state index is 12.8. The van der Waals surface area contributed by atoms with Crippen LogP contribution in [0.25, 0.3) is 0 Å². The quantitative estimate of drug-likeness (QED) is 0.738. The van der Waals surface area contributed by atoms with Gasteiger partial charge in [-0.15, -0.1) is 24.8 Å². The fraction of sp³-hybridized carbons (Fsp3) is 0.625. The number of hydrogen-bond donors (Lipinski definition) is 1. The Labute approximate surface area is 158 Å². The van der Waals surface area contributed by atoms with Crippen LogP contribution in [0, 0.1) is 5.92 Å². The van der Waals surface area contributed by atoms with E-state index >= 15 is 0 Å². The van der Waals surface area contributed by atoms with Gasteiger partial charge in [0.1, 0.15) is 0 Å². The monoisotopic (exact) mass is 406 g/mol. The average Bonchev–Trinajstić information content (AvgIpc) is 2.44. The van der Waals surface area contributed by atoms with Gasteiger partial charge < -0.3 is 5.32 Å². The number of halogens is 6. The molecule has 0 bridgehead atoms. The molecule has 0 radical (unpaired) electrons. The summed E-state index contributed by atoms with van der Waals surface area (Å²) in [7, 11) is 0. The lowest BCUT2D eigenvalue weighted by molar-refractivity contribution is -0.137. The van der Waals surface area contributed by atoms with Crippen LogP contribution in [0.4, 0.5) is 13.2 Å². The maximum Gasteiger partial charge on any atom is 0.417 e. The smallest absolute Gasteiger partial charge is 0.314 e. The molecule has 0 saturated carbocycles. The van der Waals surface area contributed by atoms with Gasteiger partial charge in [0, 0.05) is 32.2 Å². The van der Waals surface area contributed by atoms with Crippen molar-refractivity contribution in [3.05, 3.63) is 34.3 Å². The van der Waals surface area contributed by atoms with Crippen molar-refractivity contribution < 1.29 is 13.2 Å². The minimum atomic E-state index is -4.40. The van der Waals surface area contributed by atoms with Gasteiger partial charge in [0.25, 0.3) is 0 Å². The summed E-state index contributed by atoms with van der Waals surface area (Å²) in [5.74, 6) is 0.459. The van der Waals surface area contributed by atoms with Crippen LogP contribution in [-0.2, 0) is 6.18 Å². The average molecular weight is 408 g/mol. The van der Waals surface area contributed by atoms with E-state index in [-0.39, 0.29) is 35.9 Å². The lowest BCUT2D eigenvalue weighted by Crippen LogP contribution is -2.45. The van der Waals surface area contributed by atoms with Crippen LogP contribution in [0.3, 0.4) is 0 Å². The molecule has 0 spiro atoms. The van der Waals surface area contributed by atoms with E-state index in [9.17, 15) is 13.2 Å². The SMILES string of the molecule is CC(C)C[C@@H](c1ccc(C(F)(F)F)c(Cl)c1)N1CCNCC1.Cl.Cl. The van der Waals surface area contributed by atoms with Crippen LogP contribution >= 0.6 is 36.4 Å². The predicted molar refractivity (Wildman–Crippen MR) is 97.6 cm³/mol. The number of benzene rings is 1. The minimum Gasteiger partial charge on any atom is -0.314 e. The molecule has 1 fully saturated rings. The molecule has 2 nitrogen and oxygen atoms in total. The summed E-state index contributed by atoms with van der Waals surface area (Å²) in [6.07, 6.45) is -3.50. The van der Waals surface area contributed by atoms with Crippen LogP contribution in [0.1, 0.15) is 37.4 Å². The zero-order chi connectivity index (χ0) is 16.3. The van der Waals surface area contributed by atoms with Crippen molar-refractivity contribution in [2.75, 3.05) is 26.2 Å². The Hall–Kier alpha value is -0.200. The molecule has 0 aliphatic carbocycles. The Kier molecular flexibility index (Phi) is 9.99. The highest BCUT2D eigenvalue weighted by Crippen LogP contribution is 2.37. The summed E-state index contributed by atoms with van der Waals surface area (Å²) in [6, 6.07) is 4.28. The highest BCUT2D eigenvalue weighted by Gasteiger charge is 2.34. The van der Waals surface area contributed by atoms with Crippen LogP contribution in [0.2, 0.25) is 5.02 Å². The van der Waals surface area contributed by atoms with E-state index in [1.807, 2.05) is 0 Å². The molecule has 1 aliphatic heterocycles. The van der Waals surface area contributed by atoms with Gasteiger partial charge in [0.05, 0.1) is 10.6 Å². The molecule has 1 aromatic rings. The van der Waals surface area contributed by atoms with Gasteiger partial charge in [0.2, 0.25) is 0 Å². The second-order valence-electron chi connectivity index (χ2n) is 6.17. The first-order valence-electron chi connectivity index (χ1n) is 7.60. The standard InChI is InChI=1S/C16H22ClF3N2.2ClH/c1-11(2)9-15(22-7-5-21-6-8-22)12-3-4-13(14(17)10-12)16(18,19)20;;/h3-4,10-11,15,21H,5-9H2,1-2H3;2*1H/t15-;;/m0../s1. The van der Waals surface area contributed by atoms with Crippen molar-refractivity contribution in [1.82, 2.24) is 10.2 Å². The highest BCUT2D eigenvalue weighted by atomic mass is 35.5. The Morgan fingerprint density at radius 3 is 2.21 bits per heavy atom. The van der Waals surface area contributed by atoms with Gasteiger partial charge >= 0.3 is 6.18 Å². The Morgan fingerprint density at radius 2 is 1.75 bits per heavy atom. The van der Waals surface area contributed by atoms with E-state index in [2.05, 4.69) is 24.1 Å². The van der Waals surface area contributed by atoms with Crippen molar-refractivity contribution in [2.45, 2.75) is 32.5 Å². The molecule has 1 N–H and O–H groups in total. The Morgan fingerprint density at radius 1 is 1.17 bits per heavy atom. The van der Waals surface area contributed by atoms with E-state index < -0.39 is 11.7 Å². The molecule has 140 valence electrons. The number of rotatable bonds is 4. The van der Waals surface area contributed by atoms with Crippen LogP contribution in [0.15, 0.2) is 18.2 Å². The minimum absolute atomic E-state index is 0. The summed E-state index contributed by atoms with van der Waals surface area (Å²) in [5.41, 5.74) is 0.107. The second-order valence-corrected chi connectivity index (χ2v) is 6.58. The second kappa shape index (κ2) is 10.1. The topological polar surface area (TPSA) is 15.3 Å².